The van der Waals surface area contributed by atoms with E-state index in [-0.39, 0.29) is 5.91 Å². The molecule has 2 rings (SSSR count). The molecule has 5 heteroatoms. The van der Waals surface area contributed by atoms with Crippen molar-refractivity contribution in [2.24, 2.45) is 0 Å². The highest BCUT2D eigenvalue weighted by Crippen LogP contribution is 2.36. The lowest BCUT2D eigenvalue weighted by atomic mass is 10.0. The van der Waals surface area contributed by atoms with Crippen LogP contribution in [0.5, 0.6) is 11.5 Å². The Morgan fingerprint density at radius 3 is 2.64 bits per heavy atom. The largest absolute Gasteiger partial charge is 0.493 e. The van der Waals surface area contributed by atoms with Crippen LogP contribution in [-0.2, 0) is 4.79 Å². The van der Waals surface area contributed by atoms with Crippen molar-refractivity contribution in [2.45, 2.75) is 25.3 Å². The lowest BCUT2D eigenvalue weighted by Crippen LogP contribution is -2.30. The SMILES string of the molecule is COc1ccc(C2CCCN2CCC(=O)N(C)C)cc1OC. The van der Waals surface area contributed by atoms with Crippen LogP contribution < -0.4 is 9.47 Å². The summed E-state index contributed by atoms with van der Waals surface area (Å²) < 4.78 is 10.7. The maximum absolute atomic E-state index is 11.8. The van der Waals surface area contributed by atoms with Crippen LogP contribution >= 0.6 is 0 Å². The van der Waals surface area contributed by atoms with Crippen LogP contribution in [0.25, 0.3) is 0 Å². The molecule has 0 aliphatic carbocycles. The minimum absolute atomic E-state index is 0.179. The van der Waals surface area contributed by atoms with E-state index in [1.807, 2.05) is 6.07 Å². The molecule has 0 aromatic heterocycles. The van der Waals surface area contributed by atoms with Gasteiger partial charge in [0.25, 0.3) is 0 Å². The van der Waals surface area contributed by atoms with Crippen LogP contribution in [-0.4, -0.2) is 57.1 Å². The standard InChI is InChI=1S/C17H26N2O3/c1-18(2)17(20)9-11-19-10-5-6-14(19)13-7-8-15(21-3)16(12-13)22-4/h7-8,12,14H,5-6,9-11H2,1-4H3. The molecule has 0 spiro atoms. The Bertz CT molecular complexity index is 517. The smallest absolute Gasteiger partial charge is 0.223 e. The highest BCUT2D eigenvalue weighted by molar-refractivity contribution is 5.75. The van der Waals surface area contributed by atoms with Crippen molar-refractivity contribution >= 4 is 5.91 Å². The van der Waals surface area contributed by atoms with Gasteiger partial charge in [-0.3, -0.25) is 9.69 Å². The van der Waals surface area contributed by atoms with Gasteiger partial charge in [0.2, 0.25) is 5.91 Å². The van der Waals surface area contributed by atoms with Gasteiger partial charge in [0.15, 0.2) is 11.5 Å². The second kappa shape index (κ2) is 7.49. The van der Waals surface area contributed by atoms with E-state index in [0.717, 1.165) is 37.4 Å². The van der Waals surface area contributed by atoms with E-state index in [2.05, 4.69) is 17.0 Å². The molecule has 1 aliphatic rings. The van der Waals surface area contributed by atoms with E-state index in [1.54, 1.807) is 33.2 Å². The van der Waals surface area contributed by atoms with Crippen molar-refractivity contribution in [3.63, 3.8) is 0 Å². The molecule has 0 N–H and O–H groups in total. The molecule has 1 unspecified atom stereocenters. The molecule has 1 saturated heterocycles. The first-order valence-electron chi connectivity index (χ1n) is 7.73. The fraction of sp³-hybridized carbons (Fsp3) is 0.588. The fourth-order valence-electron chi connectivity index (χ4n) is 2.99. The number of carbonyl (C=O) groups excluding carboxylic acids is 1. The summed E-state index contributed by atoms with van der Waals surface area (Å²) in [4.78, 5) is 15.8. The minimum atomic E-state index is 0.179. The third kappa shape index (κ3) is 3.71. The van der Waals surface area contributed by atoms with Crippen molar-refractivity contribution in [1.82, 2.24) is 9.80 Å². The Hall–Kier alpha value is -1.75. The third-order valence-electron chi connectivity index (χ3n) is 4.27. The molecule has 0 saturated carbocycles. The van der Waals surface area contributed by atoms with Gasteiger partial charge in [-0.1, -0.05) is 6.07 Å². The molecular weight excluding hydrogens is 280 g/mol. The zero-order valence-corrected chi connectivity index (χ0v) is 14.0. The molecule has 1 amide bonds. The van der Waals surface area contributed by atoms with Gasteiger partial charge in [0.1, 0.15) is 0 Å². The Morgan fingerprint density at radius 2 is 2.00 bits per heavy atom. The number of carbonyl (C=O) groups is 1. The van der Waals surface area contributed by atoms with Crippen LogP contribution in [0.2, 0.25) is 0 Å². The van der Waals surface area contributed by atoms with Crippen molar-refractivity contribution in [2.75, 3.05) is 41.4 Å². The van der Waals surface area contributed by atoms with E-state index in [1.165, 1.54) is 5.56 Å². The minimum Gasteiger partial charge on any atom is -0.493 e. The second-order valence-corrected chi connectivity index (χ2v) is 5.85. The predicted molar refractivity (Wildman–Crippen MR) is 86.4 cm³/mol. The van der Waals surface area contributed by atoms with E-state index in [0.29, 0.717) is 12.5 Å². The first kappa shape index (κ1) is 16.6. The van der Waals surface area contributed by atoms with E-state index < -0.39 is 0 Å². The van der Waals surface area contributed by atoms with Gasteiger partial charge in [-0.25, -0.2) is 0 Å². The molecule has 1 heterocycles. The zero-order chi connectivity index (χ0) is 16.1. The fourth-order valence-corrected chi connectivity index (χ4v) is 2.99. The van der Waals surface area contributed by atoms with Crippen LogP contribution in [0.3, 0.4) is 0 Å². The normalized spacial score (nSPS) is 18.3. The summed E-state index contributed by atoms with van der Waals surface area (Å²) in [5.74, 6) is 1.69. The Kier molecular flexibility index (Phi) is 5.66. The summed E-state index contributed by atoms with van der Waals surface area (Å²) >= 11 is 0. The lowest BCUT2D eigenvalue weighted by molar-refractivity contribution is -0.129. The average molecular weight is 306 g/mol. The summed E-state index contributed by atoms with van der Waals surface area (Å²) in [5.41, 5.74) is 1.23. The number of hydrogen-bond donors (Lipinski definition) is 0. The molecule has 122 valence electrons. The highest BCUT2D eigenvalue weighted by Gasteiger charge is 2.27. The molecule has 22 heavy (non-hydrogen) atoms. The van der Waals surface area contributed by atoms with Crippen LogP contribution in [0.1, 0.15) is 30.9 Å². The zero-order valence-electron chi connectivity index (χ0n) is 14.0. The third-order valence-corrected chi connectivity index (χ3v) is 4.27. The number of benzene rings is 1. The summed E-state index contributed by atoms with van der Waals surface area (Å²) in [7, 11) is 6.91. The van der Waals surface area contributed by atoms with Gasteiger partial charge < -0.3 is 14.4 Å². The van der Waals surface area contributed by atoms with Crippen LogP contribution in [0.15, 0.2) is 18.2 Å². The molecule has 0 radical (unpaired) electrons. The average Bonchev–Trinajstić information content (AvgIpc) is 3.00. The van der Waals surface area contributed by atoms with Crippen molar-refractivity contribution in [3.8, 4) is 11.5 Å². The number of methoxy groups -OCH3 is 2. The molecule has 0 bridgehead atoms. The van der Waals surface area contributed by atoms with E-state index >= 15 is 0 Å². The van der Waals surface area contributed by atoms with Gasteiger partial charge in [-0.05, 0) is 37.1 Å². The highest BCUT2D eigenvalue weighted by atomic mass is 16.5. The number of ether oxygens (including phenoxy) is 2. The Morgan fingerprint density at radius 1 is 1.27 bits per heavy atom. The first-order chi connectivity index (χ1) is 10.6. The molecule has 1 aliphatic heterocycles. The maximum Gasteiger partial charge on any atom is 0.223 e. The van der Waals surface area contributed by atoms with Gasteiger partial charge in [0.05, 0.1) is 14.2 Å². The van der Waals surface area contributed by atoms with Crippen LogP contribution in [0, 0.1) is 0 Å². The van der Waals surface area contributed by atoms with Crippen LogP contribution in [0.4, 0.5) is 0 Å². The molecule has 1 aromatic rings. The van der Waals surface area contributed by atoms with Crippen molar-refractivity contribution in [3.05, 3.63) is 23.8 Å². The quantitative estimate of drug-likeness (QED) is 0.809. The number of nitrogens with zero attached hydrogens (tertiary/aromatic N) is 2. The number of amides is 1. The van der Waals surface area contributed by atoms with Crippen molar-refractivity contribution < 1.29 is 14.3 Å². The van der Waals surface area contributed by atoms with Gasteiger partial charge in [-0.15, -0.1) is 0 Å². The summed E-state index contributed by atoms with van der Waals surface area (Å²) in [6.45, 7) is 1.84. The lowest BCUT2D eigenvalue weighted by Gasteiger charge is -2.25. The summed E-state index contributed by atoms with van der Waals surface area (Å²) in [6.07, 6.45) is 2.84. The van der Waals surface area contributed by atoms with E-state index in [9.17, 15) is 4.79 Å². The first-order valence-corrected chi connectivity index (χ1v) is 7.73. The number of rotatable bonds is 6. The van der Waals surface area contributed by atoms with Gasteiger partial charge >= 0.3 is 0 Å². The van der Waals surface area contributed by atoms with E-state index in [4.69, 9.17) is 9.47 Å². The molecule has 5 nitrogen and oxygen atoms in total. The molecule has 1 fully saturated rings. The monoisotopic (exact) mass is 306 g/mol. The number of hydrogen-bond acceptors (Lipinski definition) is 4. The Balaban J connectivity index is 2.08. The van der Waals surface area contributed by atoms with Gasteiger partial charge in [0, 0.05) is 33.1 Å². The number of likely N-dealkylation sites (tertiary alicyclic amines) is 1. The summed E-state index contributed by atoms with van der Waals surface area (Å²) in [6, 6.07) is 6.46. The molecular formula is C17H26N2O3. The molecule has 1 aromatic carbocycles. The van der Waals surface area contributed by atoms with Crippen molar-refractivity contribution in [1.29, 1.82) is 0 Å². The second-order valence-electron chi connectivity index (χ2n) is 5.85. The molecule has 1 atom stereocenters. The topological polar surface area (TPSA) is 42.0 Å². The predicted octanol–water partition coefficient (Wildman–Crippen LogP) is 2.32. The summed E-state index contributed by atoms with van der Waals surface area (Å²) in [5, 5.41) is 0. The maximum atomic E-state index is 11.8. The Labute approximate surface area is 132 Å². The van der Waals surface area contributed by atoms with Gasteiger partial charge in [-0.2, -0.15) is 0 Å².